The highest BCUT2D eigenvalue weighted by Gasteiger charge is 2.13. The SMILES string of the molecule is NCc1ccc(S(=O)(=O)NCc2cc(Br)cs2)cc1. The van der Waals surface area contributed by atoms with E-state index in [9.17, 15) is 8.42 Å². The van der Waals surface area contributed by atoms with Crippen LogP contribution in [-0.2, 0) is 23.1 Å². The Hall–Kier alpha value is -0.730. The van der Waals surface area contributed by atoms with Crippen LogP contribution in [0.5, 0.6) is 0 Å². The fourth-order valence-corrected chi connectivity index (χ4v) is 3.99. The van der Waals surface area contributed by atoms with E-state index in [0.29, 0.717) is 6.54 Å². The molecule has 102 valence electrons. The average molecular weight is 361 g/mol. The number of benzene rings is 1. The maximum Gasteiger partial charge on any atom is 0.240 e. The van der Waals surface area contributed by atoms with Gasteiger partial charge >= 0.3 is 0 Å². The van der Waals surface area contributed by atoms with Gasteiger partial charge in [-0.1, -0.05) is 12.1 Å². The molecule has 4 nitrogen and oxygen atoms in total. The number of thiophene rings is 1. The minimum atomic E-state index is -3.47. The lowest BCUT2D eigenvalue weighted by Crippen LogP contribution is -2.22. The van der Waals surface area contributed by atoms with E-state index in [1.165, 1.54) is 11.3 Å². The van der Waals surface area contributed by atoms with Gasteiger partial charge in [0.2, 0.25) is 10.0 Å². The van der Waals surface area contributed by atoms with E-state index in [2.05, 4.69) is 20.7 Å². The van der Waals surface area contributed by atoms with Gasteiger partial charge in [-0.25, -0.2) is 13.1 Å². The van der Waals surface area contributed by atoms with Crippen LogP contribution in [-0.4, -0.2) is 8.42 Å². The maximum absolute atomic E-state index is 12.1. The maximum atomic E-state index is 12.1. The van der Waals surface area contributed by atoms with Gasteiger partial charge in [0.05, 0.1) is 4.90 Å². The molecule has 1 aromatic carbocycles. The first-order chi connectivity index (χ1) is 9.01. The summed E-state index contributed by atoms with van der Waals surface area (Å²) in [5, 5.41) is 1.92. The van der Waals surface area contributed by atoms with E-state index in [-0.39, 0.29) is 11.4 Å². The van der Waals surface area contributed by atoms with Gasteiger partial charge in [0.1, 0.15) is 0 Å². The monoisotopic (exact) mass is 360 g/mol. The highest BCUT2D eigenvalue weighted by Crippen LogP contribution is 2.20. The third-order valence-electron chi connectivity index (χ3n) is 2.53. The summed E-state index contributed by atoms with van der Waals surface area (Å²) in [6, 6.07) is 8.46. The summed E-state index contributed by atoms with van der Waals surface area (Å²) in [6.45, 7) is 0.689. The summed E-state index contributed by atoms with van der Waals surface area (Å²) in [5.74, 6) is 0. The molecule has 2 aromatic rings. The highest BCUT2D eigenvalue weighted by molar-refractivity contribution is 9.10. The first kappa shape index (κ1) is 14.7. The quantitative estimate of drug-likeness (QED) is 0.859. The van der Waals surface area contributed by atoms with Gasteiger partial charge in [-0.15, -0.1) is 11.3 Å². The highest BCUT2D eigenvalue weighted by atomic mass is 79.9. The van der Waals surface area contributed by atoms with E-state index >= 15 is 0 Å². The number of sulfonamides is 1. The van der Waals surface area contributed by atoms with Crippen LogP contribution in [0.2, 0.25) is 0 Å². The smallest absolute Gasteiger partial charge is 0.240 e. The van der Waals surface area contributed by atoms with Gasteiger partial charge in [-0.2, -0.15) is 0 Å². The zero-order valence-corrected chi connectivity index (χ0v) is 13.2. The van der Waals surface area contributed by atoms with Crippen molar-refractivity contribution in [2.75, 3.05) is 0 Å². The number of nitrogens with two attached hydrogens (primary N) is 1. The van der Waals surface area contributed by atoms with Crippen LogP contribution in [0.4, 0.5) is 0 Å². The summed E-state index contributed by atoms with van der Waals surface area (Å²) in [4.78, 5) is 1.20. The first-order valence-electron chi connectivity index (χ1n) is 5.53. The van der Waals surface area contributed by atoms with Crippen molar-refractivity contribution in [1.29, 1.82) is 0 Å². The summed E-state index contributed by atoms with van der Waals surface area (Å²) in [6.07, 6.45) is 0. The zero-order chi connectivity index (χ0) is 13.9. The first-order valence-corrected chi connectivity index (χ1v) is 8.68. The van der Waals surface area contributed by atoms with E-state index in [0.717, 1.165) is 14.9 Å². The van der Waals surface area contributed by atoms with Crippen molar-refractivity contribution < 1.29 is 8.42 Å². The largest absolute Gasteiger partial charge is 0.326 e. The van der Waals surface area contributed by atoms with Gasteiger partial charge in [-0.05, 0) is 39.7 Å². The fraction of sp³-hybridized carbons (Fsp3) is 0.167. The van der Waals surface area contributed by atoms with Crippen LogP contribution < -0.4 is 10.5 Å². The summed E-state index contributed by atoms with van der Waals surface area (Å²) < 4.78 is 27.7. The number of nitrogens with one attached hydrogen (secondary N) is 1. The van der Waals surface area contributed by atoms with Gasteiger partial charge in [-0.3, -0.25) is 0 Å². The zero-order valence-electron chi connectivity index (χ0n) is 9.97. The molecular weight excluding hydrogens is 348 g/mol. The lowest BCUT2D eigenvalue weighted by atomic mass is 10.2. The van der Waals surface area contributed by atoms with Crippen molar-refractivity contribution in [3.05, 3.63) is 50.6 Å². The molecule has 1 aromatic heterocycles. The molecule has 3 N–H and O–H groups in total. The molecule has 0 saturated carbocycles. The second-order valence-electron chi connectivity index (χ2n) is 3.90. The van der Waals surface area contributed by atoms with Crippen molar-refractivity contribution in [1.82, 2.24) is 4.72 Å². The average Bonchev–Trinajstić information content (AvgIpc) is 2.82. The normalized spacial score (nSPS) is 11.7. The Morgan fingerprint density at radius 2 is 1.95 bits per heavy atom. The second-order valence-corrected chi connectivity index (χ2v) is 7.58. The summed E-state index contributed by atoms with van der Waals surface area (Å²) in [7, 11) is -3.47. The third kappa shape index (κ3) is 3.87. The molecule has 7 heteroatoms. The van der Waals surface area contributed by atoms with Crippen molar-refractivity contribution >= 4 is 37.3 Å². The van der Waals surface area contributed by atoms with Gasteiger partial charge in [0.15, 0.2) is 0 Å². The Balaban J connectivity index is 2.09. The molecule has 1 heterocycles. The van der Waals surface area contributed by atoms with Crippen molar-refractivity contribution in [3.63, 3.8) is 0 Å². The lowest BCUT2D eigenvalue weighted by molar-refractivity contribution is 0.582. The van der Waals surface area contributed by atoms with Crippen LogP contribution in [0, 0.1) is 0 Å². The molecule has 0 aliphatic rings. The topological polar surface area (TPSA) is 72.2 Å². The van der Waals surface area contributed by atoms with E-state index in [1.54, 1.807) is 24.3 Å². The van der Waals surface area contributed by atoms with Crippen LogP contribution in [0.1, 0.15) is 10.4 Å². The minimum absolute atomic E-state index is 0.250. The molecule has 0 fully saturated rings. The Morgan fingerprint density at radius 3 is 2.47 bits per heavy atom. The second kappa shape index (κ2) is 6.15. The Kier molecular flexibility index (Phi) is 4.75. The summed E-state index contributed by atoms with van der Waals surface area (Å²) in [5.41, 5.74) is 6.38. The van der Waals surface area contributed by atoms with Crippen LogP contribution in [0.3, 0.4) is 0 Å². The van der Waals surface area contributed by atoms with E-state index < -0.39 is 10.0 Å². The molecule has 0 aliphatic carbocycles. The fourth-order valence-electron chi connectivity index (χ4n) is 1.50. The third-order valence-corrected chi connectivity index (χ3v) is 5.64. The standard InChI is InChI=1S/C12H13BrN2O2S2/c13-10-5-11(18-8-10)7-15-19(16,17)12-3-1-9(6-14)2-4-12/h1-5,8,15H,6-7,14H2. The molecular formula is C12H13BrN2O2S2. The van der Waals surface area contributed by atoms with Crippen molar-refractivity contribution in [2.45, 2.75) is 18.0 Å². The molecule has 0 bridgehead atoms. The van der Waals surface area contributed by atoms with E-state index in [1.807, 2.05) is 11.4 Å². The Morgan fingerprint density at radius 1 is 1.26 bits per heavy atom. The van der Waals surface area contributed by atoms with Gasteiger partial charge in [0.25, 0.3) is 0 Å². The number of hydrogen-bond acceptors (Lipinski definition) is 4. The number of halogens is 1. The molecule has 0 spiro atoms. The molecule has 0 radical (unpaired) electrons. The van der Waals surface area contributed by atoms with Crippen LogP contribution >= 0.6 is 27.3 Å². The van der Waals surface area contributed by atoms with Crippen molar-refractivity contribution in [2.24, 2.45) is 5.73 Å². The number of hydrogen-bond donors (Lipinski definition) is 2. The van der Waals surface area contributed by atoms with Crippen LogP contribution in [0.15, 0.2) is 45.1 Å². The Labute approximate surface area is 124 Å². The molecule has 2 rings (SSSR count). The van der Waals surface area contributed by atoms with Gasteiger partial charge in [0, 0.05) is 27.8 Å². The molecule has 0 aliphatic heterocycles. The predicted octanol–water partition coefficient (Wildman–Crippen LogP) is 2.45. The van der Waals surface area contributed by atoms with E-state index in [4.69, 9.17) is 5.73 Å². The molecule has 0 saturated heterocycles. The molecule has 0 atom stereocenters. The molecule has 19 heavy (non-hydrogen) atoms. The number of rotatable bonds is 5. The molecule has 0 unspecified atom stereocenters. The minimum Gasteiger partial charge on any atom is -0.326 e. The summed E-state index contributed by atoms with van der Waals surface area (Å²) >= 11 is 4.84. The predicted molar refractivity (Wildman–Crippen MR) is 80.4 cm³/mol. The van der Waals surface area contributed by atoms with Crippen LogP contribution in [0.25, 0.3) is 0 Å². The van der Waals surface area contributed by atoms with Crippen molar-refractivity contribution in [3.8, 4) is 0 Å². The Bertz CT molecular complexity index is 651. The van der Waals surface area contributed by atoms with Gasteiger partial charge < -0.3 is 5.73 Å². The lowest BCUT2D eigenvalue weighted by Gasteiger charge is -2.06. The molecule has 0 amide bonds.